The molecule has 1 aliphatic rings. The zero-order valence-corrected chi connectivity index (χ0v) is 19.2. The van der Waals surface area contributed by atoms with Crippen molar-refractivity contribution >= 4 is 23.5 Å². The Hall–Kier alpha value is -3.00. The molecule has 8 nitrogen and oxygen atoms in total. The number of nitrogens with zero attached hydrogens (tertiary/aromatic N) is 1. The molecule has 0 saturated heterocycles. The largest absolute Gasteiger partial charge is 0.503 e. The van der Waals surface area contributed by atoms with E-state index in [1.807, 2.05) is 19.1 Å². The Morgan fingerprint density at radius 2 is 1.94 bits per heavy atom. The standard InChI is InChI=1S/C23H27ClN2O6/c1-12-5-8-17(16(24)11-12)32-21(15-6-7-15)14(3)31-23(29)13(2)26-22(28)19-20(27)18(30-4)9-10-25-19/h5,8-11,13-15,21,27H,6-7H2,1-4H3,(H,26,28)/t13-,14-,21-/m0/s1. The maximum Gasteiger partial charge on any atom is 0.328 e. The minimum absolute atomic E-state index is 0.105. The van der Waals surface area contributed by atoms with Crippen LogP contribution >= 0.6 is 11.6 Å². The number of methoxy groups -OCH3 is 1. The number of pyridine rings is 1. The molecule has 0 bridgehead atoms. The van der Waals surface area contributed by atoms with Crippen LogP contribution in [-0.4, -0.2) is 47.3 Å². The maximum absolute atomic E-state index is 12.6. The number of halogens is 1. The van der Waals surface area contributed by atoms with Crippen molar-refractivity contribution in [1.29, 1.82) is 0 Å². The van der Waals surface area contributed by atoms with E-state index in [4.69, 9.17) is 25.8 Å². The molecule has 1 aliphatic carbocycles. The van der Waals surface area contributed by atoms with Gasteiger partial charge < -0.3 is 24.6 Å². The van der Waals surface area contributed by atoms with E-state index in [0.717, 1.165) is 18.4 Å². The molecule has 1 fully saturated rings. The van der Waals surface area contributed by atoms with E-state index in [2.05, 4.69) is 10.3 Å². The van der Waals surface area contributed by atoms with Gasteiger partial charge in [0, 0.05) is 12.3 Å². The minimum atomic E-state index is -0.972. The topological polar surface area (TPSA) is 107 Å². The molecule has 2 N–H and O–H groups in total. The Morgan fingerprint density at radius 1 is 1.22 bits per heavy atom. The predicted octanol–water partition coefficient (Wildman–Crippen LogP) is 3.67. The number of ether oxygens (including phenoxy) is 3. The molecule has 32 heavy (non-hydrogen) atoms. The maximum atomic E-state index is 12.6. The van der Waals surface area contributed by atoms with Gasteiger partial charge >= 0.3 is 5.97 Å². The van der Waals surface area contributed by atoms with Gasteiger partial charge in [0.25, 0.3) is 5.91 Å². The molecule has 1 aromatic heterocycles. The van der Waals surface area contributed by atoms with E-state index in [-0.39, 0.29) is 23.5 Å². The molecule has 1 amide bonds. The van der Waals surface area contributed by atoms with Gasteiger partial charge in [0.15, 0.2) is 17.2 Å². The molecule has 1 saturated carbocycles. The first-order valence-electron chi connectivity index (χ1n) is 10.4. The zero-order chi connectivity index (χ0) is 23.4. The number of carbonyl (C=O) groups is 2. The summed E-state index contributed by atoms with van der Waals surface area (Å²) < 4.78 is 16.7. The third kappa shape index (κ3) is 5.62. The van der Waals surface area contributed by atoms with Crippen LogP contribution in [0.25, 0.3) is 0 Å². The van der Waals surface area contributed by atoms with Gasteiger partial charge in [0.1, 0.15) is 24.0 Å². The lowest BCUT2D eigenvalue weighted by Crippen LogP contribution is -2.43. The van der Waals surface area contributed by atoms with E-state index in [1.165, 1.54) is 26.3 Å². The zero-order valence-electron chi connectivity index (χ0n) is 18.4. The van der Waals surface area contributed by atoms with Crippen molar-refractivity contribution in [2.24, 2.45) is 5.92 Å². The molecule has 1 aromatic carbocycles. The molecule has 0 unspecified atom stereocenters. The summed E-state index contributed by atoms with van der Waals surface area (Å²) in [4.78, 5) is 28.9. The highest BCUT2D eigenvalue weighted by Gasteiger charge is 2.39. The van der Waals surface area contributed by atoms with Crippen LogP contribution in [0, 0.1) is 12.8 Å². The van der Waals surface area contributed by atoms with Crippen molar-refractivity contribution in [3.8, 4) is 17.2 Å². The normalized spacial score (nSPS) is 15.9. The van der Waals surface area contributed by atoms with Gasteiger partial charge in [-0.2, -0.15) is 0 Å². The van der Waals surface area contributed by atoms with Gasteiger partial charge in [-0.15, -0.1) is 0 Å². The molecule has 0 aliphatic heterocycles. The SMILES string of the molecule is COc1ccnc(C(=O)N[C@@H](C)C(=O)O[C@@H](C)[C@H](Oc2ccc(C)cc2Cl)C2CC2)c1O. The number of benzene rings is 1. The van der Waals surface area contributed by atoms with Crippen molar-refractivity contribution in [3.05, 3.63) is 46.7 Å². The van der Waals surface area contributed by atoms with Crippen molar-refractivity contribution in [3.63, 3.8) is 0 Å². The lowest BCUT2D eigenvalue weighted by Gasteiger charge is -2.27. The molecular formula is C23H27ClN2O6. The lowest BCUT2D eigenvalue weighted by molar-refractivity contribution is -0.155. The summed E-state index contributed by atoms with van der Waals surface area (Å²) in [7, 11) is 1.36. The van der Waals surface area contributed by atoms with E-state index >= 15 is 0 Å². The summed E-state index contributed by atoms with van der Waals surface area (Å²) in [5.41, 5.74) is 0.774. The summed E-state index contributed by atoms with van der Waals surface area (Å²) in [6.45, 7) is 5.19. The third-order valence-electron chi connectivity index (χ3n) is 5.23. The number of nitrogens with one attached hydrogen (secondary N) is 1. The number of aryl methyl sites for hydroxylation is 1. The number of aromatic hydroxyl groups is 1. The van der Waals surface area contributed by atoms with Crippen molar-refractivity contribution < 1.29 is 28.9 Å². The van der Waals surface area contributed by atoms with Gasteiger partial charge in [0.2, 0.25) is 0 Å². The van der Waals surface area contributed by atoms with Crippen LogP contribution in [0.3, 0.4) is 0 Å². The molecular weight excluding hydrogens is 436 g/mol. The van der Waals surface area contributed by atoms with Gasteiger partial charge in [0.05, 0.1) is 12.1 Å². The molecule has 3 atom stereocenters. The predicted molar refractivity (Wildman–Crippen MR) is 118 cm³/mol. The Morgan fingerprint density at radius 3 is 2.56 bits per heavy atom. The monoisotopic (exact) mass is 462 g/mol. The van der Waals surface area contributed by atoms with Gasteiger partial charge in [-0.05, 0) is 57.2 Å². The lowest BCUT2D eigenvalue weighted by atomic mass is 10.1. The summed E-state index contributed by atoms with van der Waals surface area (Å²) in [6.07, 6.45) is 2.36. The number of amides is 1. The highest BCUT2D eigenvalue weighted by atomic mass is 35.5. The molecule has 0 spiro atoms. The Labute approximate surface area is 191 Å². The quantitative estimate of drug-likeness (QED) is 0.547. The van der Waals surface area contributed by atoms with E-state index in [0.29, 0.717) is 10.8 Å². The summed E-state index contributed by atoms with van der Waals surface area (Å²) >= 11 is 6.29. The van der Waals surface area contributed by atoms with Crippen LogP contribution in [0.4, 0.5) is 0 Å². The van der Waals surface area contributed by atoms with Crippen molar-refractivity contribution in [2.75, 3.05) is 7.11 Å². The Bertz CT molecular complexity index is 994. The molecule has 0 radical (unpaired) electrons. The van der Waals surface area contributed by atoms with Crippen molar-refractivity contribution in [1.82, 2.24) is 10.3 Å². The van der Waals surface area contributed by atoms with Gasteiger partial charge in [-0.25, -0.2) is 9.78 Å². The Balaban J connectivity index is 1.62. The van der Waals surface area contributed by atoms with Crippen LogP contribution in [-0.2, 0) is 9.53 Å². The third-order valence-corrected chi connectivity index (χ3v) is 5.52. The molecule has 3 rings (SSSR count). The first-order chi connectivity index (χ1) is 15.2. The van der Waals surface area contributed by atoms with E-state index < -0.39 is 29.8 Å². The molecule has 2 aromatic rings. The summed E-state index contributed by atoms with van der Waals surface area (Å²) in [5.74, 6) is -0.847. The molecule has 172 valence electrons. The highest BCUT2D eigenvalue weighted by molar-refractivity contribution is 6.32. The summed E-state index contributed by atoms with van der Waals surface area (Å²) in [5, 5.41) is 13.1. The van der Waals surface area contributed by atoms with Crippen LogP contribution in [0.15, 0.2) is 30.5 Å². The van der Waals surface area contributed by atoms with Crippen LogP contribution in [0.1, 0.15) is 42.7 Å². The minimum Gasteiger partial charge on any atom is -0.503 e. The van der Waals surface area contributed by atoms with E-state index in [1.54, 1.807) is 13.0 Å². The van der Waals surface area contributed by atoms with E-state index in [9.17, 15) is 14.7 Å². The number of rotatable bonds is 9. The molecule has 9 heteroatoms. The smallest absolute Gasteiger partial charge is 0.328 e. The van der Waals surface area contributed by atoms with Crippen LogP contribution < -0.4 is 14.8 Å². The fourth-order valence-corrected chi connectivity index (χ4v) is 3.57. The van der Waals surface area contributed by atoms with Gasteiger partial charge in [-0.1, -0.05) is 17.7 Å². The Kier molecular flexibility index (Phi) is 7.45. The number of carbonyl (C=O) groups excluding carboxylic acids is 2. The fraction of sp³-hybridized carbons (Fsp3) is 0.435. The second-order valence-electron chi connectivity index (χ2n) is 7.90. The second kappa shape index (κ2) is 10.1. The second-order valence-corrected chi connectivity index (χ2v) is 8.31. The highest BCUT2D eigenvalue weighted by Crippen LogP contribution is 2.38. The average Bonchev–Trinajstić information content (AvgIpc) is 3.58. The van der Waals surface area contributed by atoms with Gasteiger partial charge in [-0.3, -0.25) is 4.79 Å². The average molecular weight is 463 g/mol. The first-order valence-corrected chi connectivity index (χ1v) is 10.7. The molecule has 1 heterocycles. The van der Waals surface area contributed by atoms with Crippen LogP contribution in [0.5, 0.6) is 17.2 Å². The first kappa shape index (κ1) is 23.7. The summed E-state index contributed by atoms with van der Waals surface area (Å²) in [6, 6.07) is 5.97. The van der Waals surface area contributed by atoms with Crippen molar-refractivity contribution in [2.45, 2.75) is 51.9 Å². The number of aromatic nitrogens is 1. The fourth-order valence-electron chi connectivity index (χ4n) is 3.29. The number of esters is 1. The van der Waals surface area contributed by atoms with Crippen LogP contribution in [0.2, 0.25) is 5.02 Å². The number of hydrogen-bond acceptors (Lipinski definition) is 7. The number of hydrogen-bond donors (Lipinski definition) is 2.